The lowest BCUT2D eigenvalue weighted by molar-refractivity contribution is 0.0827. The number of hydrogen-bond donors (Lipinski definition) is 2. The molecule has 1 aromatic carbocycles. The average molecular weight is 320 g/mol. The predicted octanol–water partition coefficient (Wildman–Crippen LogP) is 1.48. The highest BCUT2D eigenvalue weighted by Gasteiger charge is 2.07. The van der Waals surface area contributed by atoms with Crippen LogP contribution in [0.3, 0.4) is 0 Å². The molecule has 0 aliphatic carbocycles. The van der Waals surface area contributed by atoms with Crippen molar-refractivity contribution in [3.8, 4) is 0 Å². The van der Waals surface area contributed by atoms with Gasteiger partial charge in [-0.1, -0.05) is 12.1 Å². The molecule has 0 spiro atoms. The lowest BCUT2D eigenvalue weighted by Crippen LogP contribution is -2.37. The molecule has 6 nitrogen and oxygen atoms in total. The fraction of sp³-hybridized carbons (Fsp3) is 0.529. The molecule has 0 fully saturated rings. The largest absolute Gasteiger partial charge is 0.382 e. The van der Waals surface area contributed by atoms with Gasteiger partial charge in [0.15, 0.2) is 5.96 Å². The monoisotopic (exact) mass is 320 g/mol. The van der Waals surface area contributed by atoms with Crippen LogP contribution in [0.15, 0.2) is 29.3 Å². The topological polar surface area (TPSA) is 66.0 Å². The smallest absolute Gasteiger partial charge is 0.253 e. The number of amides is 1. The van der Waals surface area contributed by atoms with Crippen LogP contribution in [-0.4, -0.2) is 57.7 Å². The number of nitrogens with one attached hydrogen (secondary N) is 2. The van der Waals surface area contributed by atoms with Gasteiger partial charge in [0.25, 0.3) is 5.91 Å². The number of nitrogens with zero attached hydrogens (tertiary/aromatic N) is 2. The van der Waals surface area contributed by atoms with Gasteiger partial charge < -0.3 is 20.3 Å². The van der Waals surface area contributed by atoms with Crippen LogP contribution in [0.25, 0.3) is 0 Å². The third-order valence-electron chi connectivity index (χ3n) is 3.25. The number of rotatable bonds is 8. The molecule has 0 atom stereocenters. The van der Waals surface area contributed by atoms with Gasteiger partial charge in [-0.3, -0.25) is 9.79 Å². The number of guanidine groups is 1. The van der Waals surface area contributed by atoms with E-state index < -0.39 is 0 Å². The molecule has 0 saturated heterocycles. The van der Waals surface area contributed by atoms with Gasteiger partial charge in [-0.05, 0) is 31.0 Å². The molecule has 128 valence electrons. The van der Waals surface area contributed by atoms with Crippen molar-refractivity contribution >= 4 is 11.9 Å². The van der Waals surface area contributed by atoms with E-state index in [1.807, 2.05) is 31.2 Å². The molecule has 0 aliphatic heterocycles. The van der Waals surface area contributed by atoms with E-state index in [1.165, 1.54) is 0 Å². The van der Waals surface area contributed by atoms with Gasteiger partial charge >= 0.3 is 0 Å². The first-order valence-electron chi connectivity index (χ1n) is 7.91. The quantitative estimate of drug-likeness (QED) is 0.433. The lowest BCUT2D eigenvalue weighted by atomic mass is 10.1. The highest BCUT2D eigenvalue weighted by molar-refractivity contribution is 5.93. The van der Waals surface area contributed by atoms with Crippen molar-refractivity contribution in [2.24, 2.45) is 4.99 Å². The first-order chi connectivity index (χ1) is 11.1. The Hall–Kier alpha value is -2.08. The Labute approximate surface area is 138 Å². The molecule has 0 saturated carbocycles. The van der Waals surface area contributed by atoms with Crippen LogP contribution in [0.2, 0.25) is 0 Å². The van der Waals surface area contributed by atoms with Crippen molar-refractivity contribution in [1.29, 1.82) is 0 Å². The van der Waals surface area contributed by atoms with E-state index in [0.29, 0.717) is 12.1 Å². The lowest BCUT2D eigenvalue weighted by Gasteiger charge is -2.13. The molecular weight excluding hydrogens is 292 g/mol. The Bertz CT molecular complexity index is 498. The maximum Gasteiger partial charge on any atom is 0.253 e. The molecule has 6 heteroatoms. The highest BCUT2D eigenvalue weighted by atomic mass is 16.5. The Morgan fingerprint density at radius 3 is 2.48 bits per heavy atom. The highest BCUT2D eigenvalue weighted by Crippen LogP contribution is 2.06. The van der Waals surface area contributed by atoms with Crippen LogP contribution < -0.4 is 10.6 Å². The van der Waals surface area contributed by atoms with Crippen LogP contribution in [-0.2, 0) is 11.3 Å². The van der Waals surface area contributed by atoms with E-state index in [-0.39, 0.29) is 5.91 Å². The summed E-state index contributed by atoms with van der Waals surface area (Å²) in [5, 5.41) is 6.49. The summed E-state index contributed by atoms with van der Waals surface area (Å²) in [6.07, 6.45) is 0.940. The zero-order valence-electron chi connectivity index (χ0n) is 14.6. The number of carbonyl (C=O) groups excluding carboxylic acids is 1. The number of hydrogen-bond acceptors (Lipinski definition) is 3. The van der Waals surface area contributed by atoms with E-state index >= 15 is 0 Å². The van der Waals surface area contributed by atoms with Gasteiger partial charge in [0, 0.05) is 53.0 Å². The normalized spacial score (nSPS) is 11.2. The Kier molecular flexibility index (Phi) is 8.75. The number of carbonyl (C=O) groups is 1. The molecule has 23 heavy (non-hydrogen) atoms. The molecule has 1 rings (SSSR count). The molecular formula is C17H28N4O2. The molecule has 0 aliphatic rings. The van der Waals surface area contributed by atoms with Crippen molar-refractivity contribution in [3.05, 3.63) is 35.4 Å². The van der Waals surface area contributed by atoms with Gasteiger partial charge in [0.1, 0.15) is 0 Å². The number of benzene rings is 1. The van der Waals surface area contributed by atoms with Crippen molar-refractivity contribution in [2.75, 3.05) is 40.9 Å². The van der Waals surface area contributed by atoms with E-state index in [1.54, 1.807) is 26.0 Å². The summed E-state index contributed by atoms with van der Waals surface area (Å²) < 4.78 is 5.29. The van der Waals surface area contributed by atoms with Crippen molar-refractivity contribution in [3.63, 3.8) is 0 Å². The second-order valence-electron chi connectivity index (χ2n) is 5.30. The van der Waals surface area contributed by atoms with Crippen LogP contribution in [0.1, 0.15) is 29.3 Å². The van der Waals surface area contributed by atoms with Gasteiger partial charge in [-0.25, -0.2) is 0 Å². The van der Waals surface area contributed by atoms with Gasteiger partial charge in [0.05, 0.1) is 0 Å². The van der Waals surface area contributed by atoms with Crippen molar-refractivity contribution in [1.82, 2.24) is 15.5 Å². The molecule has 0 radical (unpaired) electrons. The van der Waals surface area contributed by atoms with Crippen molar-refractivity contribution in [2.45, 2.75) is 19.9 Å². The third kappa shape index (κ3) is 7.15. The van der Waals surface area contributed by atoms with Gasteiger partial charge in [-0.2, -0.15) is 0 Å². The summed E-state index contributed by atoms with van der Waals surface area (Å²) in [6.45, 7) is 4.96. The maximum atomic E-state index is 11.8. The minimum Gasteiger partial charge on any atom is -0.382 e. The minimum absolute atomic E-state index is 0.0104. The molecule has 0 aromatic heterocycles. The molecule has 2 N–H and O–H groups in total. The number of ether oxygens (including phenoxy) is 1. The Morgan fingerprint density at radius 1 is 1.22 bits per heavy atom. The molecule has 0 bridgehead atoms. The summed E-state index contributed by atoms with van der Waals surface area (Å²) in [5.41, 5.74) is 1.79. The summed E-state index contributed by atoms with van der Waals surface area (Å²) in [6, 6.07) is 7.59. The fourth-order valence-corrected chi connectivity index (χ4v) is 1.96. The Morgan fingerprint density at radius 2 is 1.91 bits per heavy atom. The Balaban J connectivity index is 2.39. The van der Waals surface area contributed by atoms with Crippen molar-refractivity contribution < 1.29 is 9.53 Å². The van der Waals surface area contributed by atoms with Gasteiger partial charge in [-0.15, -0.1) is 0 Å². The van der Waals surface area contributed by atoms with Crippen LogP contribution >= 0.6 is 0 Å². The fourth-order valence-electron chi connectivity index (χ4n) is 1.96. The minimum atomic E-state index is 0.0104. The second-order valence-corrected chi connectivity index (χ2v) is 5.30. The molecule has 1 amide bonds. The maximum absolute atomic E-state index is 11.8. The first-order valence-corrected chi connectivity index (χ1v) is 7.91. The summed E-state index contributed by atoms with van der Waals surface area (Å²) >= 11 is 0. The van der Waals surface area contributed by atoms with Crippen LogP contribution in [0.4, 0.5) is 0 Å². The zero-order chi connectivity index (χ0) is 17.1. The zero-order valence-corrected chi connectivity index (χ0v) is 14.6. The summed E-state index contributed by atoms with van der Waals surface area (Å²) in [7, 11) is 5.24. The third-order valence-corrected chi connectivity index (χ3v) is 3.25. The van der Waals surface area contributed by atoms with Gasteiger partial charge in [0.2, 0.25) is 0 Å². The average Bonchev–Trinajstić information content (AvgIpc) is 2.57. The second kappa shape index (κ2) is 10.6. The first kappa shape index (κ1) is 19.0. The van der Waals surface area contributed by atoms with E-state index in [2.05, 4.69) is 15.6 Å². The standard InChI is InChI=1S/C17H28N4O2/c1-5-23-12-6-11-19-17(18-2)20-13-14-7-9-15(10-8-14)16(22)21(3)4/h7-10H,5-6,11-13H2,1-4H3,(H2,18,19,20). The molecule has 0 heterocycles. The molecule has 1 aromatic rings. The van der Waals surface area contributed by atoms with E-state index in [0.717, 1.165) is 37.7 Å². The summed E-state index contributed by atoms with van der Waals surface area (Å²) in [4.78, 5) is 17.6. The summed E-state index contributed by atoms with van der Waals surface area (Å²) in [5.74, 6) is 0.770. The van der Waals surface area contributed by atoms with E-state index in [9.17, 15) is 4.79 Å². The molecule has 0 unspecified atom stereocenters. The van der Waals surface area contributed by atoms with E-state index in [4.69, 9.17) is 4.74 Å². The van der Waals surface area contributed by atoms with Crippen LogP contribution in [0, 0.1) is 0 Å². The number of aliphatic imine (C=N–C) groups is 1. The predicted molar refractivity (Wildman–Crippen MR) is 93.8 cm³/mol. The SMILES string of the molecule is CCOCCCNC(=NC)NCc1ccc(C(=O)N(C)C)cc1. The van der Waals surface area contributed by atoms with Crippen LogP contribution in [0.5, 0.6) is 0 Å².